The molecule has 1 heterocycles. The molecule has 0 spiro atoms. The third kappa shape index (κ3) is 0.925. The minimum atomic E-state index is -1.07. The fourth-order valence-corrected chi connectivity index (χ4v) is 1.67. The number of hydrogen-bond donors (Lipinski definition) is 1. The first kappa shape index (κ1) is 8.95. The summed E-state index contributed by atoms with van der Waals surface area (Å²) < 4.78 is 0. The van der Waals surface area contributed by atoms with Crippen molar-refractivity contribution in [1.82, 2.24) is 0 Å². The van der Waals surface area contributed by atoms with E-state index in [1.807, 2.05) is 0 Å². The molecule has 2 rings (SSSR count). The van der Waals surface area contributed by atoms with Crippen molar-refractivity contribution in [1.29, 1.82) is 0 Å². The van der Waals surface area contributed by atoms with Gasteiger partial charge in [-0.25, -0.2) is 4.90 Å². The number of aromatic hydroxyl groups is 1. The van der Waals surface area contributed by atoms with Crippen molar-refractivity contribution in [2.45, 2.75) is 0 Å². The standard InChI is InChI=1S/C7H2NO5S/c9-2-1-14-7(13)8(2)3-4(10)6(12)5(3)11/h1,10H. The summed E-state index contributed by atoms with van der Waals surface area (Å²) in [7, 11) is 0. The number of carbonyl (C=O) groups excluding carboxylic acids is 2. The predicted octanol–water partition coefficient (Wildman–Crippen LogP) is -0.650. The number of thioether (sulfide) groups is 1. The quantitative estimate of drug-likeness (QED) is 0.622. The number of rotatable bonds is 1. The van der Waals surface area contributed by atoms with E-state index in [2.05, 4.69) is 0 Å². The van der Waals surface area contributed by atoms with E-state index >= 15 is 0 Å². The number of amides is 2. The Hall–Kier alpha value is -1.63. The number of imide groups is 1. The summed E-state index contributed by atoms with van der Waals surface area (Å²) in [5.41, 5.74) is -2.61. The summed E-state index contributed by atoms with van der Waals surface area (Å²) >= 11 is 0.600. The van der Waals surface area contributed by atoms with Gasteiger partial charge in [0.2, 0.25) is 5.91 Å². The fourth-order valence-electron chi connectivity index (χ4n) is 1.07. The topological polar surface area (TPSA) is 91.8 Å². The molecular weight excluding hydrogens is 210 g/mol. The first-order valence-electron chi connectivity index (χ1n) is 3.44. The number of carbonyl (C=O) groups is 2. The molecule has 0 atom stereocenters. The molecule has 1 radical (unpaired) electrons. The van der Waals surface area contributed by atoms with Gasteiger partial charge in [0.25, 0.3) is 16.1 Å². The molecule has 0 aromatic heterocycles. The third-order valence-corrected chi connectivity index (χ3v) is 2.45. The number of anilines is 1. The molecule has 0 aliphatic carbocycles. The van der Waals surface area contributed by atoms with Crippen LogP contribution in [0.3, 0.4) is 0 Å². The van der Waals surface area contributed by atoms with Gasteiger partial charge in [-0.3, -0.25) is 19.2 Å². The smallest absolute Gasteiger partial charge is 0.293 e. The van der Waals surface area contributed by atoms with Crippen LogP contribution in [0.15, 0.2) is 9.59 Å². The molecule has 1 fully saturated rings. The summed E-state index contributed by atoms with van der Waals surface area (Å²) in [4.78, 5) is 44.1. The molecule has 71 valence electrons. The molecule has 1 aromatic rings. The van der Waals surface area contributed by atoms with Gasteiger partial charge >= 0.3 is 0 Å². The molecule has 0 saturated carbocycles. The van der Waals surface area contributed by atoms with E-state index in [0.29, 0.717) is 16.7 Å². The maximum absolute atomic E-state index is 11.0. The Morgan fingerprint density at radius 3 is 2.21 bits per heavy atom. The predicted molar refractivity (Wildman–Crippen MR) is 47.8 cm³/mol. The molecule has 14 heavy (non-hydrogen) atoms. The van der Waals surface area contributed by atoms with E-state index in [1.54, 1.807) is 0 Å². The molecule has 7 heteroatoms. The third-order valence-electron chi connectivity index (χ3n) is 1.75. The van der Waals surface area contributed by atoms with Crippen LogP contribution in [0.5, 0.6) is 5.75 Å². The van der Waals surface area contributed by atoms with Crippen LogP contribution in [0.2, 0.25) is 0 Å². The highest BCUT2D eigenvalue weighted by Crippen LogP contribution is 2.31. The first-order chi connectivity index (χ1) is 6.54. The van der Waals surface area contributed by atoms with Gasteiger partial charge in [0.15, 0.2) is 11.4 Å². The van der Waals surface area contributed by atoms with Crippen LogP contribution in [0.25, 0.3) is 0 Å². The van der Waals surface area contributed by atoms with Gasteiger partial charge in [-0.1, -0.05) is 0 Å². The Morgan fingerprint density at radius 1 is 1.14 bits per heavy atom. The highest BCUT2D eigenvalue weighted by Gasteiger charge is 2.39. The highest BCUT2D eigenvalue weighted by atomic mass is 32.2. The van der Waals surface area contributed by atoms with Crippen molar-refractivity contribution in [2.24, 2.45) is 0 Å². The molecule has 6 nitrogen and oxygen atoms in total. The summed E-state index contributed by atoms with van der Waals surface area (Å²) in [5, 5.41) is 8.29. The van der Waals surface area contributed by atoms with Crippen LogP contribution in [-0.4, -0.2) is 16.3 Å². The second-order valence-corrected chi connectivity index (χ2v) is 3.35. The number of hydrogen-bond acceptors (Lipinski definition) is 6. The minimum absolute atomic E-state index is 0.490. The monoisotopic (exact) mass is 212 g/mol. The molecule has 0 unspecified atom stereocenters. The molecule has 2 amide bonds. The normalized spacial score (nSPS) is 17.0. The van der Waals surface area contributed by atoms with Crippen LogP contribution in [0.4, 0.5) is 10.5 Å². The van der Waals surface area contributed by atoms with Gasteiger partial charge in [-0.15, -0.1) is 0 Å². The van der Waals surface area contributed by atoms with Crippen LogP contribution in [0.1, 0.15) is 0 Å². The van der Waals surface area contributed by atoms with Gasteiger partial charge in [-0.2, -0.15) is 0 Å². The molecule has 1 aliphatic heterocycles. The van der Waals surface area contributed by atoms with E-state index in [1.165, 1.54) is 0 Å². The van der Waals surface area contributed by atoms with Gasteiger partial charge in [0, 0.05) is 0 Å². The van der Waals surface area contributed by atoms with Gasteiger partial charge in [0.1, 0.15) is 5.75 Å². The van der Waals surface area contributed by atoms with Crippen LogP contribution >= 0.6 is 11.8 Å². The fraction of sp³-hybridized carbons (Fsp3) is 0. The Bertz CT molecular complexity index is 496. The average Bonchev–Trinajstić information content (AvgIpc) is 2.49. The summed E-state index contributed by atoms with van der Waals surface area (Å²) in [6.45, 7) is 0. The average molecular weight is 212 g/mol. The van der Waals surface area contributed by atoms with Crippen molar-refractivity contribution in [2.75, 3.05) is 4.90 Å². The van der Waals surface area contributed by atoms with Crippen LogP contribution < -0.4 is 15.8 Å². The summed E-state index contributed by atoms with van der Waals surface area (Å²) in [6, 6.07) is 0. The minimum Gasteiger partial charge on any atom is -0.502 e. The molecule has 1 saturated heterocycles. The van der Waals surface area contributed by atoms with Crippen molar-refractivity contribution in [3.05, 3.63) is 26.2 Å². The SMILES string of the molecule is O=C1[CH]SC(=O)N1c1c(O)c(=O)c1=O. The lowest BCUT2D eigenvalue weighted by Crippen LogP contribution is -2.41. The lowest BCUT2D eigenvalue weighted by Gasteiger charge is -2.13. The molecule has 0 bridgehead atoms. The Morgan fingerprint density at radius 2 is 1.79 bits per heavy atom. The van der Waals surface area contributed by atoms with E-state index in [4.69, 9.17) is 5.11 Å². The zero-order valence-corrected chi connectivity index (χ0v) is 7.33. The zero-order valence-electron chi connectivity index (χ0n) is 6.51. The summed E-state index contributed by atoms with van der Waals surface area (Å²) in [6.07, 6.45) is 0. The molecule has 1 aliphatic rings. The van der Waals surface area contributed by atoms with Crippen molar-refractivity contribution in [3.8, 4) is 5.75 Å². The Labute approximate surface area is 80.8 Å². The Kier molecular flexibility index (Phi) is 1.71. The van der Waals surface area contributed by atoms with Crippen molar-refractivity contribution >= 4 is 28.6 Å². The molecule has 1 aromatic carbocycles. The van der Waals surface area contributed by atoms with E-state index in [-0.39, 0.29) is 0 Å². The van der Waals surface area contributed by atoms with E-state index < -0.39 is 33.4 Å². The van der Waals surface area contributed by atoms with Gasteiger partial charge < -0.3 is 5.11 Å². The zero-order chi connectivity index (χ0) is 10.5. The van der Waals surface area contributed by atoms with E-state index in [9.17, 15) is 19.2 Å². The van der Waals surface area contributed by atoms with Crippen LogP contribution in [-0.2, 0) is 4.79 Å². The number of nitrogens with zero attached hydrogens (tertiary/aromatic N) is 1. The maximum Gasteiger partial charge on any atom is 0.293 e. The molecular formula is C7H2NO5S. The van der Waals surface area contributed by atoms with Crippen molar-refractivity contribution < 1.29 is 14.7 Å². The van der Waals surface area contributed by atoms with Gasteiger partial charge in [-0.05, 0) is 11.8 Å². The second kappa shape index (κ2) is 2.68. The lowest BCUT2D eigenvalue weighted by molar-refractivity contribution is -0.113. The maximum atomic E-state index is 11.0. The second-order valence-electron chi connectivity index (χ2n) is 2.53. The van der Waals surface area contributed by atoms with Crippen molar-refractivity contribution in [3.63, 3.8) is 0 Å². The summed E-state index contributed by atoms with van der Waals surface area (Å²) in [5.74, 6) is -0.548. The molecule has 1 N–H and O–H groups in total. The lowest BCUT2D eigenvalue weighted by atomic mass is 10.2. The van der Waals surface area contributed by atoms with Crippen LogP contribution in [0, 0.1) is 5.75 Å². The highest BCUT2D eigenvalue weighted by molar-refractivity contribution is 8.17. The first-order valence-corrected chi connectivity index (χ1v) is 4.32. The van der Waals surface area contributed by atoms with Gasteiger partial charge in [0.05, 0.1) is 0 Å². The van der Waals surface area contributed by atoms with E-state index in [0.717, 1.165) is 5.75 Å². The Balaban J connectivity index is 2.52. The largest absolute Gasteiger partial charge is 0.502 e.